The predicted octanol–water partition coefficient (Wildman–Crippen LogP) is 2.49. The maximum Gasteiger partial charge on any atom is 0.224 e. The van der Waals surface area contributed by atoms with Crippen LogP contribution in [0.1, 0.15) is 13.8 Å². The van der Waals surface area contributed by atoms with Crippen molar-refractivity contribution in [2.45, 2.75) is 24.1 Å². The Morgan fingerprint density at radius 1 is 1.46 bits per heavy atom. The molecule has 1 aromatic rings. The van der Waals surface area contributed by atoms with Gasteiger partial charge in [-0.2, -0.15) is 0 Å². The summed E-state index contributed by atoms with van der Waals surface area (Å²) in [5.41, 5.74) is 1.05. The maximum absolute atomic E-state index is 11.3. The van der Waals surface area contributed by atoms with Gasteiger partial charge in [0.05, 0.1) is 11.1 Å². The molecule has 0 spiro atoms. The smallest absolute Gasteiger partial charge is 0.224 e. The van der Waals surface area contributed by atoms with E-state index in [1.54, 1.807) is 18.7 Å². The summed E-state index contributed by atoms with van der Waals surface area (Å²) in [5.74, 6) is 0.116. The third kappa shape index (κ3) is 1.33. The highest BCUT2D eigenvalue weighted by Crippen LogP contribution is 2.42. The molecule has 3 heteroatoms. The number of fused-ring (bicyclic) bond motifs is 1. The zero-order valence-corrected chi connectivity index (χ0v) is 8.47. The number of amides is 1. The minimum atomic E-state index is 0.116. The molecular weight excluding hydrogens is 182 g/mol. The first-order chi connectivity index (χ1) is 6.20. The molecular formula is C10H11NOS. The number of thioether (sulfide) groups is 1. The van der Waals surface area contributed by atoms with E-state index in [0.29, 0.717) is 0 Å². The van der Waals surface area contributed by atoms with Crippen molar-refractivity contribution in [3.63, 3.8) is 0 Å². The first-order valence-corrected chi connectivity index (χ1v) is 5.13. The summed E-state index contributed by atoms with van der Waals surface area (Å²) >= 11 is 1.73. The van der Waals surface area contributed by atoms with Gasteiger partial charge in [0.2, 0.25) is 5.91 Å². The Hall–Kier alpha value is -0.960. The Bertz CT molecular complexity index is 351. The van der Waals surface area contributed by atoms with Crippen molar-refractivity contribution in [1.29, 1.82) is 0 Å². The van der Waals surface area contributed by atoms with Crippen LogP contribution >= 0.6 is 11.8 Å². The fourth-order valence-corrected chi connectivity index (χ4v) is 2.79. The van der Waals surface area contributed by atoms with E-state index < -0.39 is 0 Å². The number of hydrogen-bond donors (Lipinski definition) is 0. The molecule has 0 bridgehead atoms. The molecule has 1 heterocycles. The molecule has 13 heavy (non-hydrogen) atoms. The van der Waals surface area contributed by atoms with Gasteiger partial charge in [0, 0.05) is 11.8 Å². The fourth-order valence-electron chi connectivity index (χ4n) is 1.61. The highest BCUT2D eigenvalue weighted by Gasteiger charge is 2.28. The molecule has 0 saturated carbocycles. The van der Waals surface area contributed by atoms with Gasteiger partial charge >= 0.3 is 0 Å². The molecule has 1 atom stereocenters. The summed E-state index contributed by atoms with van der Waals surface area (Å²) in [6, 6.07) is 8.02. The number of carbonyl (C=O) groups is 1. The lowest BCUT2D eigenvalue weighted by molar-refractivity contribution is -0.116. The molecule has 0 aliphatic carbocycles. The molecule has 0 fully saturated rings. The minimum Gasteiger partial charge on any atom is -0.299 e. The van der Waals surface area contributed by atoms with Crippen LogP contribution in [0.25, 0.3) is 0 Å². The van der Waals surface area contributed by atoms with Gasteiger partial charge in [-0.3, -0.25) is 9.69 Å². The van der Waals surface area contributed by atoms with Gasteiger partial charge in [0.15, 0.2) is 0 Å². The van der Waals surface area contributed by atoms with Gasteiger partial charge in [-0.05, 0) is 19.1 Å². The third-order valence-corrected chi connectivity index (χ3v) is 3.28. The van der Waals surface area contributed by atoms with Gasteiger partial charge < -0.3 is 0 Å². The Morgan fingerprint density at radius 3 is 2.85 bits per heavy atom. The fraction of sp³-hybridized carbons (Fsp3) is 0.300. The summed E-state index contributed by atoms with van der Waals surface area (Å²) in [7, 11) is 0. The van der Waals surface area contributed by atoms with Crippen LogP contribution in [0.4, 0.5) is 5.69 Å². The normalized spacial score (nSPS) is 20.2. The van der Waals surface area contributed by atoms with Crippen molar-refractivity contribution in [1.82, 2.24) is 0 Å². The second-order valence-corrected chi connectivity index (χ2v) is 4.43. The topological polar surface area (TPSA) is 20.3 Å². The molecule has 2 nitrogen and oxygen atoms in total. The van der Waals surface area contributed by atoms with Crippen molar-refractivity contribution in [3.8, 4) is 0 Å². The van der Waals surface area contributed by atoms with E-state index in [1.807, 2.05) is 30.0 Å². The maximum atomic E-state index is 11.3. The molecule has 2 rings (SSSR count). The summed E-state index contributed by atoms with van der Waals surface area (Å²) < 4.78 is 0. The Balaban J connectivity index is 2.46. The molecule has 0 aromatic heterocycles. The van der Waals surface area contributed by atoms with E-state index in [0.717, 1.165) is 5.69 Å². The number of anilines is 1. The molecule has 0 N–H and O–H groups in total. The second-order valence-electron chi connectivity index (χ2n) is 3.07. The predicted molar refractivity (Wildman–Crippen MR) is 54.9 cm³/mol. The lowest BCUT2D eigenvalue weighted by Gasteiger charge is -2.19. The summed E-state index contributed by atoms with van der Waals surface area (Å²) in [4.78, 5) is 14.4. The average Bonchev–Trinajstić information content (AvgIpc) is 2.39. The SMILES string of the molecule is CC(=O)N1c2ccccc2SC1C. The van der Waals surface area contributed by atoms with Crippen LogP contribution < -0.4 is 4.90 Å². The van der Waals surface area contributed by atoms with E-state index in [9.17, 15) is 4.79 Å². The van der Waals surface area contributed by atoms with E-state index in [2.05, 4.69) is 6.07 Å². The van der Waals surface area contributed by atoms with Gasteiger partial charge in [0.25, 0.3) is 0 Å². The van der Waals surface area contributed by atoms with Crippen molar-refractivity contribution >= 4 is 23.4 Å². The van der Waals surface area contributed by atoms with Crippen molar-refractivity contribution in [3.05, 3.63) is 24.3 Å². The molecule has 1 unspecified atom stereocenters. The minimum absolute atomic E-state index is 0.116. The van der Waals surface area contributed by atoms with Gasteiger partial charge in [-0.25, -0.2) is 0 Å². The van der Waals surface area contributed by atoms with Crippen LogP contribution in [0, 0.1) is 0 Å². The zero-order valence-electron chi connectivity index (χ0n) is 7.65. The molecule has 0 radical (unpaired) electrons. The van der Waals surface area contributed by atoms with Crippen LogP contribution in [0.2, 0.25) is 0 Å². The van der Waals surface area contributed by atoms with Crippen molar-refractivity contribution in [2.24, 2.45) is 0 Å². The van der Waals surface area contributed by atoms with E-state index in [1.165, 1.54) is 4.90 Å². The van der Waals surface area contributed by atoms with Crippen LogP contribution in [0.3, 0.4) is 0 Å². The number of carbonyl (C=O) groups excluding carboxylic acids is 1. The first kappa shape index (κ1) is 8.63. The lowest BCUT2D eigenvalue weighted by atomic mass is 10.3. The average molecular weight is 193 g/mol. The van der Waals surface area contributed by atoms with Crippen LogP contribution in [-0.2, 0) is 4.79 Å². The molecule has 68 valence electrons. The molecule has 1 aliphatic rings. The van der Waals surface area contributed by atoms with Gasteiger partial charge in [0.1, 0.15) is 0 Å². The molecule has 1 amide bonds. The third-order valence-electron chi connectivity index (χ3n) is 2.13. The Labute approximate surface area is 81.9 Å². The molecule has 1 aromatic carbocycles. The largest absolute Gasteiger partial charge is 0.299 e. The Kier molecular flexibility index (Phi) is 2.04. The quantitative estimate of drug-likeness (QED) is 0.631. The van der Waals surface area contributed by atoms with Crippen LogP contribution in [0.5, 0.6) is 0 Å². The molecule has 0 saturated heterocycles. The summed E-state index contributed by atoms with van der Waals surface area (Å²) in [6.45, 7) is 3.66. The Morgan fingerprint density at radius 2 is 2.15 bits per heavy atom. The van der Waals surface area contributed by atoms with Crippen LogP contribution in [0.15, 0.2) is 29.2 Å². The first-order valence-electron chi connectivity index (χ1n) is 4.25. The number of para-hydroxylation sites is 1. The monoisotopic (exact) mass is 193 g/mol. The van der Waals surface area contributed by atoms with E-state index >= 15 is 0 Å². The lowest BCUT2D eigenvalue weighted by Crippen LogP contribution is -2.31. The number of nitrogens with zero attached hydrogens (tertiary/aromatic N) is 1. The highest BCUT2D eigenvalue weighted by molar-refractivity contribution is 8.00. The summed E-state index contributed by atoms with van der Waals surface area (Å²) in [6.07, 6.45) is 0. The van der Waals surface area contributed by atoms with E-state index in [4.69, 9.17) is 0 Å². The van der Waals surface area contributed by atoms with Crippen LogP contribution in [-0.4, -0.2) is 11.3 Å². The number of rotatable bonds is 0. The van der Waals surface area contributed by atoms with Gasteiger partial charge in [-0.15, -0.1) is 0 Å². The van der Waals surface area contributed by atoms with E-state index in [-0.39, 0.29) is 11.3 Å². The van der Waals surface area contributed by atoms with Crippen molar-refractivity contribution in [2.75, 3.05) is 4.90 Å². The second kappa shape index (κ2) is 3.07. The zero-order chi connectivity index (χ0) is 9.42. The van der Waals surface area contributed by atoms with Crippen molar-refractivity contribution < 1.29 is 4.79 Å². The molecule has 1 aliphatic heterocycles. The van der Waals surface area contributed by atoms with Gasteiger partial charge in [-0.1, -0.05) is 23.9 Å². The standard InChI is InChI=1S/C10H11NOS/c1-7(12)11-8(2)13-10-6-4-3-5-9(10)11/h3-6,8H,1-2H3. The highest BCUT2D eigenvalue weighted by atomic mass is 32.2. The number of benzene rings is 1. The summed E-state index contributed by atoms with van der Waals surface area (Å²) in [5, 5.41) is 0.231. The number of hydrogen-bond acceptors (Lipinski definition) is 2.